The van der Waals surface area contributed by atoms with Gasteiger partial charge in [-0.25, -0.2) is 0 Å². The number of nitrogen functional groups attached to an aromatic ring is 1. The van der Waals surface area contributed by atoms with Gasteiger partial charge in [0.2, 0.25) is 5.91 Å². The molecule has 1 aliphatic rings. The predicted octanol–water partition coefficient (Wildman–Crippen LogP) is 0.333. The van der Waals surface area contributed by atoms with Crippen molar-refractivity contribution in [2.75, 3.05) is 23.7 Å². The number of nitrogens with zero attached hydrogens (tertiary/aromatic N) is 1. The van der Waals surface area contributed by atoms with Gasteiger partial charge in [-0.1, -0.05) is 11.6 Å². The van der Waals surface area contributed by atoms with Crippen LogP contribution in [0, 0.1) is 5.92 Å². The van der Waals surface area contributed by atoms with Gasteiger partial charge in [0.15, 0.2) is 0 Å². The van der Waals surface area contributed by atoms with Crippen molar-refractivity contribution in [3.05, 3.63) is 22.7 Å². The number of rotatable bonds is 3. The second kappa shape index (κ2) is 4.97. The van der Waals surface area contributed by atoms with E-state index in [0.717, 1.165) is 0 Å². The van der Waals surface area contributed by atoms with Gasteiger partial charge in [-0.2, -0.15) is 0 Å². The average Bonchev–Trinajstić information content (AvgIpc) is 2.76. The molecular formula is C12H15ClN4O2. The molecule has 0 saturated carbocycles. The van der Waals surface area contributed by atoms with Crippen LogP contribution in [0.4, 0.5) is 11.4 Å². The Balaban J connectivity index is 2.40. The third-order valence-corrected chi connectivity index (χ3v) is 3.55. The molecule has 102 valence electrons. The van der Waals surface area contributed by atoms with Crippen molar-refractivity contribution in [1.29, 1.82) is 0 Å². The molecule has 7 heteroatoms. The monoisotopic (exact) mass is 282 g/mol. The predicted molar refractivity (Wildman–Crippen MR) is 73.9 cm³/mol. The van der Waals surface area contributed by atoms with Crippen LogP contribution in [0.2, 0.25) is 5.02 Å². The molecule has 0 aliphatic carbocycles. The van der Waals surface area contributed by atoms with Gasteiger partial charge in [0.1, 0.15) is 0 Å². The summed E-state index contributed by atoms with van der Waals surface area (Å²) in [5, 5.41) is 0.346. The summed E-state index contributed by atoms with van der Waals surface area (Å²) in [6.07, 6.45) is 0.633. The van der Waals surface area contributed by atoms with Crippen molar-refractivity contribution in [3.8, 4) is 0 Å². The van der Waals surface area contributed by atoms with Gasteiger partial charge in [0.05, 0.1) is 22.2 Å². The van der Waals surface area contributed by atoms with E-state index in [1.165, 1.54) is 6.07 Å². The molecule has 6 N–H and O–H groups in total. The average molecular weight is 283 g/mol. The Labute approximate surface area is 115 Å². The smallest absolute Gasteiger partial charge is 0.250 e. The van der Waals surface area contributed by atoms with Gasteiger partial charge >= 0.3 is 0 Å². The summed E-state index contributed by atoms with van der Waals surface area (Å²) in [6, 6.07) is 3.04. The van der Waals surface area contributed by atoms with Gasteiger partial charge in [-0.05, 0) is 18.6 Å². The third-order valence-electron chi connectivity index (χ3n) is 3.26. The minimum Gasteiger partial charge on any atom is -0.399 e. The second-order valence-corrected chi connectivity index (χ2v) is 5.00. The Morgan fingerprint density at radius 1 is 1.32 bits per heavy atom. The third kappa shape index (κ3) is 2.58. The molecule has 1 aromatic carbocycles. The van der Waals surface area contributed by atoms with Gasteiger partial charge in [-0.15, -0.1) is 0 Å². The van der Waals surface area contributed by atoms with Crippen LogP contribution in [0.1, 0.15) is 16.8 Å². The quantitative estimate of drug-likeness (QED) is 0.693. The van der Waals surface area contributed by atoms with Gasteiger partial charge in [0.25, 0.3) is 5.91 Å². The van der Waals surface area contributed by atoms with Crippen molar-refractivity contribution in [2.45, 2.75) is 6.42 Å². The summed E-state index contributed by atoms with van der Waals surface area (Å²) in [4.78, 5) is 24.5. The van der Waals surface area contributed by atoms with Crippen molar-refractivity contribution >= 4 is 34.8 Å². The number of hydrogen-bond donors (Lipinski definition) is 3. The first-order chi connectivity index (χ1) is 8.90. The van der Waals surface area contributed by atoms with Gasteiger partial charge in [-0.3, -0.25) is 9.59 Å². The molecule has 0 radical (unpaired) electrons. The summed E-state index contributed by atoms with van der Waals surface area (Å²) < 4.78 is 0. The molecule has 2 rings (SSSR count). The van der Waals surface area contributed by atoms with E-state index in [2.05, 4.69) is 0 Å². The SMILES string of the molecule is NC(=O)c1cc(N)cc(Cl)c1N1CCC(C(N)=O)C1. The zero-order valence-corrected chi connectivity index (χ0v) is 11.0. The summed E-state index contributed by atoms with van der Waals surface area (Å²) in [7, 11) is 0. The molecule has 1 heterocycles. The van der Waals surface area contributed by atoms with E-state index in [0.29, 0.717) is 35.9 Å². The fourth-order valence-electron chi connectivity index (χ4n) is 2.32. The normalized spacial score (nSPS) is 18.6. The molecule has 2 amide bonds. The van der Waals surface area contributed by atoms with Gasteiger partial charge < -0.3 is 22.1 Å². The van der Waals surface area contributed by atoms with Crippen LogP contribution in [-0.2, 0) is 4.79 Å². The molecule has 1 aromatic rings. The van der Waals surface area contributed by atoms with Crippen LogP contribution in [0.3, 0.4) is 0 Å². The molecule has 0 bridgehead atoms. The van der Waals surface area contributed by atoms with E-state index in [9.17, 15) is 9.59 Å². The first-order valence-corrected chi connectivity index (χ1v) is 6.21. The first-order valence-electron chi connectivity index (χ1n) is 5.83. The Hall–Kier alpha value is -1.95. The largest absolute Gasteiger partial charge is 0.399 e. The lowest BCUT2D eigenvalue weighted by atomic mass is 10.1. The maximum absolute atomic E-state index is 11.5. The topological polar surface area (TPSA) is 115 Å². The Morgan fingerprint density at radius 2 is 2.00 bits per heavy atom. The van der Waals surface area contributed by atoms with E-state index in [1.807, 2.05) is 4.90 Å². The van der Waals surface area contributed by atoms with Crippen LogP contribution in [0.15, 0.2) is 12.1 Å². The zero-order chi connectivity index (χ0) is 14.2. The molecule has 19 heavy (non-hydrogen) atoms. The van der Waals surface area contributed by atoms with Crippen LogP contribution in [0.25, 0.3) is 0 Å². The van der Waals surface area contributed by atoms with Crippen molar-refractivity contribution in [1.82, 2.24) is 0 Å². The number of amides is 2. The molecule has 1 unspecified atom stereocenters. The summed E-state index contributed by atoms with van der Waals surface area (Å²) in [5.41, 5.74) is 17.4. The minimum atomic E-state index is -0.605. The van der Waals surface area contributed by atoms with Crippen LogP contribution < -0.4 is 22.1 Å². The van der Waals surface area contributed by atoms with Crippen LogP contribution in [0.5, 0.6) is 0 Å². The van der Waals surface area contributed by atoms with Crippen LogP contribution >= 0.6 is 11.6 Å². The number of carbonyl (C=O) groups excluding carboxylic acids is 2. The molecule has 0 spiro atoms. The van der Waals surface area contributed by atoms with Gasteiger partial charge in [0, 0.05) is 18.8 Å². The summed E-state index contributed by atoms with van der Waals surface area (Å²) >= 11 is 6.14. The molecular weight excluding hydrogens is 268 g/mol. The maximum Gasteiger partial charge on any atom is 0.250 e. The minimum absolute atomic E-state index is 0.241. The number of benzene rings is 1. The summed E-state index contributed by atoms with van der Waals surface area (Å²) in [5.74, 6) is -1.20. The highest BCUT2D eigenvalue weighted by Crippen LogP contribution is 2.35. The zero-order valence-electron chi connectivity index (χ0n) is 10.2. The lowest BCUT2D eigenvalue weighted by Gasteiger charge is -2.22. The maximum atomic E-state index is 11.5. The number of halogens is 1. The second-order valence-electron chi connectivity index (χ2n) is 4.60. The number of nitrogens with two attached hydrogens (primary N) is 3. The van der Waals surface area contributed by atoms with Crippen molar-refractivity contribution in [2.24, 2.45) is 17.4 Å². The highest BCUT2D eigenvalue weighted by molar-refractivity contribution is 6.34. The first kappa shape index (κ1) is 13.5. The standard InChI is InChI=1S/C12H15ClN4O2/c13-9-4-7(14)3-8(12(16)19)10(9)17-2-1-6(5-17)11(15)18/h3-4,6H,1-2,5,14H2,(H2,15,18)(H2,16,19). The van der Waals surface area contributed by atoms with Crippen LogP contribution in [-0.4, -0.2) is 24.9 Å². The molecule has 6 nitrogen and oxygen atoms in total. The highest BCUT2D eigenvalue weighted by Gasteiger charge is 2.30. The van der Waals surface area contributed by atoms with Crippen molar-refractivity contribution in [3.63, 3.8) is 0 Å². The van der Waals surface area contributed by atoms with E-state index in [1.54, 1.807) is 6.07 Å². The summed E-state index contributed by atoms with van der Waals surface area (Å²) in [6.45, 7) is 1.02. The van der Waals surface area contributed by atoms with E-state index in [-0.39, 0.29) is 17.4 Å². The van der Waals surface area contributed by atoms with E-state index < -0.39 is 5.91 Å². The number of carbonyl (C=O) groups is 2. The lowest BCUT2D eigenvalue weighted by molar-refractivity contribution is -0.121. The Bertz CT molecular complexity index is 547. The molecule has 1 atom stereocenters. The molecule has 1 saturated heterocycles. The van der Waals surface area contributed by atoms with E-state index >= 15 is 0 Å². The Morgan fingerprint density at radius 3 is 2.53 bits per heavy atom. The Kier molecular flexibility index (Phi) is 3.53. The fourth-order valence-corrected chi connectivity index (χ4v) is 2.67. The fraction of sp³-hybridized carbons (Fsp3) is 0.333. The van der Waals surface area contributed by atoms with Crippen molar-refractivity contribution < 1.29 is 9.59 Å². The number of hydrogen-bond acceptors (Lipinski definition) is 4. The highest BCUT2D eigenvalue weighted by atomic mass is 35.5. The molecule has 1 aliphatic heterocycles. The van der Waals surface area contributed by atoms with E-state index in [4.69, 9.17) is 28.8 Å². The molecule has 0 aromatic heterocycles. The number of primary amides is 2. The lowest BCUT2D eigenvalue weighted by Crippen LogP contribution is -2.29. The molecule has 1 fully saturated rings. The number of anilines is 2.